The minimum atomic E-state index is -1.13. The van der Waals surface area contributed by atoms with E-state index in [0.717, 1.165) is 67.6 Å². The first kappa shape index (κ1) is 27.0. The summed E-state index contributed by atoms with van der Waals surface area (Å²) in [6, 6.07) is 9.86. The van der Waals surface area contributed by atoms with Crippen LogP contribution in [0.15, 0.2) is 36.5 Å². The van der Waals surface area contributed by atoms with Gasteiger partial charge in [-0.2, -0.15) is 5.26 Å². The first-order valence-electron chi connectivity index (χ1n) is 15.1. The van der Waals surface area contributed by atoms with Crippen molar-refractivity contribution in [1.82, 2.24) is 14.4 Å². The van der Waals surface area contributed by atoms with Crippen molar-refractivity contribution in [3.8, 4) is 6.19 Å². The van der Waals surface area contributed by atoms with Crippen LogP contribution in [0.3, 0.4) is 0 Å². The normalized spacial score (nSPS) is 28.3. The highest BCUT2D eigenvalue weighted by Crippen LogP contribution is 2.56. The summed E-state index contributed by atoms with van der Waals surface area (Å²) >= 11 is 0. The van der Waals surface area contributed by atoms with Gasteiger partial charge in [-0.25, -0.2) is 14.3 Å². The number of likely N-dealkylation sites (tertiary alicyclic amines) is 1. The SMILES string of the molecule is CC(C)(C)c1ccc(N(C(=O)C2CCCN2C#N)C23CCCc4ccnc(c42)[N+](C)(C2CCCCC2)C3=O)cc1. The lowest BCUT2D eigenvalue weighted by atomic mass is 9.76. The van der Waals surface area contributed by atoms with E-state index in [2.05, 4.69) is 52.2 Å². The predicted octanol–water partition coefficient (Wildman–Crippen LogP) is 5.70. The smallest absolute Gasteiger partial charge is 0.298 e. The molecule has 6 rings (SSSR count). The molecule has 0 radical (unpaired) electrons. The van der Waals surface area contributed by atoms with Gasteiger partial charge >= 0.3 is 5.91 Å². The Morgan fingerprint density at radius 3 is 2.48 bits per heavy atom. The standard InChI is InChI=1S/C33H42N5O2/c1-32(2,3)24-14-16-25(17-15-24)37(30(39)27-13-9-21-36(27)22-34)33-19-8-10-23-18-20-35-29(28(23)33)38(4,31(33)40)26-11-6-5-7-12-26/h14-18,20,26-27H,5-13,19,21H2,1-4H3/q+1. The highest BCUT2D eigenvalue weighted by molar-refractivity contribution is 6.13. The fourth-order valence-corrected chi connectivity index (χ4v) is 8.05. The molecule has 1 aromatic carbocycles. The van der Waals surface area contributed by atoms with Crippen LogP contribution in [-0.4, -0.2) is 47.4 Å². The average Bonchev–Trinajstić information content (AvgIpc) is 3.52. The maximum atomic E-state index is 15.3. The molecule has 1 aromatic heterocycles. The molecule has 0 N–H and O–H groups in total. The first-order chi connectivity index (χ1) is 19.1. The number of rotatable bonds is 4. The number of aromatic nitrogens is 1. The van der Waals surface area contributed by atoms with Crippen LogP contribution in [0.2, 0.25) is 0 Å². The molecule has 4 aliphatic rings. The van der Waals surface area contributed by atoms with Crippen LogP contribution in [-0.2, 0) is 27.0 Å². The lowest BCUT2D eigenvalue weighted by Crippen LogP contribution is -2.66. The third kappa shape index (κ3) is 3.83. The van der Waals surface area contributed by atoms with E-state index in [0.29, 0.717) is 19.4 Å². The van der Waals surface area contributed by atoms with Crippen molar-refractivity contribution in [2.24, 2.45) is 0 Å². The van der Waals surface area contributed by atoms with Gasteiger partial charge in [-0.3, -0.25) is 14.6 Å². The summed E-state index contributed by atoms with van der Waals surface area (Å²) in [6.45, 7) is 7.10. The summed E-state index contributed by atoms with van der Waals surface area (Å²) in [5, 5.41) is 9.89. The quantitative estimate of drug-likeness (QED) is 0.367. The molecule has 3 unspecified atom stereocenters. The highest BCUT2D eigenvalue weighted by atomic mass is 16.2. The van der Waals surface area contributed by atoms with Gasteiger partial charge in [-0.05, 0) is 79.7 Å². The summed E-state index contributed by atoms with van der Waals surface area (Å²) in [5.74, 6) is 0.765. The monoisotopic (exact) mass is 540 g/mol. The molecule has 0 spiro atoms. The number of hydrogen-bond donors (Lipinski definition) is 0. The second-order valence-electron chi connectivity index (χ2n) is 13.5. The minimum Gasteiger partial charge on any atom is -0.298 e. The zero-order valence-corrected chi connectivity index (χ0v) is 24.4. The fourth-order valence-electron chi connectivity index (χ4n) is 8.05. The number of hydrogen-bond acceptors (Lipinski definition) is 5. The maximum absolute atomic E-state index is 15.3. The lowest BCUT2D eigenvalue weighted by molar-refractivity contribution is -0.139. The maximum Gasteiger partial charge on any atom is 0.351 e. The summed E-state index contributed by atoms with van der Waals surface area (Å²) in [7, 11) is 2.06. The number of anilines is 1. The Bertz CT molecular complexity index is 1370. The number of amides is 2. The molecule has 3 heterocycles. The third-order valence-corrected chi connectivity index (χ3v) is 10.2. The number of benzene rings is 1. The fraction of sp³-hybridized carbons (Fsp3) is 0.576. The molecule has 40 heavy (non-hydrogen) atoms. The van der Waals surface area contributed by atoms with E-state index >= 15 is 4.79 Å². The van der Waals surface area contributed by atoms with Gasteiger partial charge in [0.25, 0.3) is 5.91 Å². The summed E-state index contributed by atoms with van der Waals surface area (Å²) in [4.78, 5) is 38.5. The van der Waals surface area contributed by atoms with Gasteiger partial charge in [-0.1, -0.05) is 39.3 Å². The van der Waals surface area contributed by atoms with Crippen LogP contribution in [0.5, 0.6) is 0 Å². The van der Waals surface area contributed by atoms with Crippen molar-refractivity contribution in [1.29, 1.82) is 5.26 Å². The Balaban J connectivity index is 1.58. The van der Waals surface area contributed by atoms with Gasteiger partial charge < -0.3 is 0 Å². The number of pyridine rings is 1. The molecule has 1 saturated heterocycles. The molecule has 2 aliphatic heterocycles. The van der Waals surface area contributed by atoms with E-state index in [1.54, 1.807) is 4.90 Å². The summed E-state index contributed by atoms with van der Waals surface area (Å²) in [5.41, 5.74) is 2.82. The van der Waals surface area contributed by atoms with Crippen LogP contribution in [0, 0.1) is 11.5 Å². The molecule has 0 bridgehead atoms. The van der Waals surface area contributed by atoms with Crippen molar-refractivity contribution in [2.45, 2.75) is 108 Å². The zero-order valence-electron chi connectivity index (χ0n) is 24.4. The van der Waals surface area contributed by atoms with Crippen molar-refractivity contribution in [2.75, 3.05) is 18.5 Å². The van der Waals surface area contributed by atoms with E-state index in [4.69, 9.17) is 4.98 Å². The number of likely N-dealkylation sites (N-methyl/N-ethyl adjacent to an activating group) is 1. The number of nitrogens with zero attached hydrogens (tertiary/aromatic N) is 5. The Morgan fingerprint density at radius 2 is 1.80 bits per heavy atom. The second kappa shape index (κ2) is 9.69. The summed E-state index contributed by atoms with van der Waals surface area (Å²) < 4.78 is 0.166. The van der Waals surface area contributed by atoms with Gasteiger partial charge in [0.05, 0.1) is 12.6 Å². The first-order valence-corrected chi connectivity index (χ1v) is 15.1. The number of carbonyl (C=O) groups excluding carboxylic acids is 2. The van der Waals surface area contributed by atoms with Crippen molar-refractivity contribution >= 4 is 23.3 Å². The van der Waals surface area contributed by atoms with E-state index in [1.807, 2.05) is 23.2 Å². The van der Waals surface area contributed by atoms with Gasteiger partial charge in [0.15, 0.2) is 11.7 Å². The van der Waals surface area contributed by atoms with Crippen LogP contribution >= 0.6 is 0 Å². The highest BCUT2D eigenvalue weighted by Gasteiger charge is 2.69. The molecule has 2 fully saturated rings. The van der Waals surface area contributed by atoms with Crippen LogP contribution < -0.4 is 9.38 Å². The van der Waals surface area contributed by atoms with Crippen LogP contribution in [0.1, 0.15) is 95.2 Å². The van der Waals surface area contributed by atoms with E-state index in [9.17, 15) is 10.1 Å². The van der Waals surface area contributed by atoms with Crippen molar-refractivity contribution < 1.29 is 9.59 Å². The molecular formula is C33H42N5O2+. The molecule has 2 aromatic rings. The number of aryl methyl sites for hydroxylation is 1. The topological polar surface area (TPSA) is 77.3 Å². The molecule has 3 atom stereocenters. The zero-order chi connectivity index (χ0) is 28.3. The molecule has 2 aliphatic carbocycles. The molecule has 210 valence electrons. The lowest BCUT2D eigenvalue weighted by Gasteiger charge is -2.44. The Labute approximate surface area is 238 Å². The van der Waals surface area contributed by atoms with Gasteiger partial charge in [0.1, 0.15) is 12.1 Å². The molecule has 1 saturated carbocycles. The predicted molar refractivity (Wildman–Crippen MR) is 156 cm³/mol. The second-order valence-corrected chi connectivity index (χ2v) is 13.5. The van der Waals surface area contributed by atoms with Crippen LogP contribution in [0.4, 0.5) is 11.5 Å². The van der Waals surface area contributed by atoms with Gasteiger partial charge in [-0.15, -0.1) is 0 Å². The summed E-state index contributed by atoms with van der Waals surface area (Å²) in [6.07, 6.45) is 13.2. The minimum absolute atomic E-state index is 0.0388. The Hall–Kier alpha value is -3.24. The Kier molecular flexibility index (Phi) is 6.53. The average molecular weight is 541 g/mol. The van der Waals surface area contributed by atoms with Gasteiger partial charge in [0, 0.05) is 31.3 Å². The third-order valence-electron chi connectivity index (χ3n) is 10.2. The largest absolute Gasteiger partial charge is 0.351 e. The number of carbonyl (C=O) groups is 2. The number of quaternary nitrogens is 1. The molecule has 2 amide bonds. The van der Waals surface area contributed by atoms with E-state index < -0.39 is 11.6 Å². The van der Waals surface area contributed by atoms with Gasteiger partial charge in [0.2, 0.25) is 5.82 Å². The van der Waals surface area contributed by atoms with Crippen LogP contribution in [0.25, 0.3) is 0 Å². The molecule has 7 nitrogen and oxygen atoms in total. The van der Waals surface area contributed by atoms with Crippen molar-refractivity contribution in [3.63, 3.8) is 0 Å². The van der Waals surface area contributed by atoms with E-state index in [1.165, 1.54) is 12.0 Å². The molecule has 7 heteroatoms. The molecular weight excluding hydrogens is 498 g/mol. The van der Waals surface area contributed by atoms with Crippen molar-refractivity contribution in [3.05, 3.63) is 53.2 Å². The Morgan fingerprint density at radius 1 is 1.07 bits per heavy atom. The van der Waals surface area contributed by atoms with E-state index in [-0.39, 0.29) is 27.8 Å². The number of nitriles is 1.